The van der Waals surface area contributed by atoms with Crippen LogP contribution < -0.4 is 5.32 Å². The first-order chi connectivity index (χ1) is 10.1. The summed E-state index contributed by atoms with van der Waals surface area (Å²) in [5.41, 5.74) is 2.86. The van der Waals surface area contributed by atoms with Gasteiger partial charge in [0.15, 0.2) is 5.15 Å². The molecule has 21 heavy (non-hydrogen) atoms. The quantitative estimate of drug-likeness (QED) is 0.567. The van der Waals surface area contributed by atoms with Crippen molar-refractivity contribution in [3.63, 3.8) is 0 Å². The molecule has 1 N–H and O–H groups in total. The number of halogens is 3. The molecule has 0 bridgehead atoms. The van der Waals surface area contributed by atoms with Crippen LogP contribution in [0.25, 0.3) is 10.9 Å². The van der Waals surface area contributed by atoms with Crippen molar-refractivity contribution in [2.45, 2.75) is 6.54 Å². The Balaban J connectivity index is 1.92. The first kappa shape index (κ1) is 14.8. The summed E-state index contributed by atoms with van der Waals surface area (Å²) in [6.45, 7) is 0.624. The van der Waals surface area contributed by atoms with Crippen LogP contribution in [-0.4, -0.2) is 9.97 Å². The fourth-order valence-electron chi connectivity index (χ4n) is 2.08. The van der Waals surface area contributed by atoms with Gasteiger partial charge in [-0.3, -0.25) is 4.98 Å². The monoisotopic (exact) mass is 425 g/mol. The van der Waals surface area contributed by atoms with Gasteiger partial charge in [0, 0.05) is 33.3 Å². The SMILES string of the molecule is Clc1ncc(Br)cc1NCc1ccc(Br)c2cccnc12. The Morgan fingerprint density at radius 2 is 2.00 bits per heavy atom. The number of hydrogen-bond donors (Lipinski definition) is 1. The Bertz CT molecular complexity index is 808. The Hall–Kier alpha value is -1.17. The second kappa shape index (κ2) is 6.30. The minimum atomic E-state index is 0.451. The molecule has 0 aliphatic heterocycles. The van der Waals surface area contributed by atoms with E-state index in [0.29, 0.717) is 11.7 Å². The van der Waals surface area contributed by atoms with Crippen molar-refractivity contribution in [1.82, 2.24) is 9.97 Å². The molecular weight excluding hydrogens is 417 g/mol. The van der Waals surface area contributed by atoms with Gasteiger partial charge < -0.3 is 5.32 Å². The van der Waals surface area contributed by atoms with Crippen LogP contribution in [0.3, 0.4) is 0 Å². The highest BCUT2D eigenvalue weighted by molar-refractivity contribution is 9.11. The number of nitrogens with zero attached hydrogens (tertiary/aromatic N) is 2. The standard InChI is InChI=1S/C15H10Br2ClN3/c16-10-6-13(15(18)21-8-10)20-7-9-3-4-12(17)11-2-1-5-19-14(9)11/h1-6,8,20H,7H2. The number of anilines is 1. The van der Waals surface area contributed by atoms with E-state index < -0.39 is 0 Å². The minimum absolute atomic E-state index is 0.451. The van der Waals surface area contributed by atoms with Gasteiger partial charge in [0.1, 0.15) is 0 Å². The number of rotatable bonds is 3. The maximum absolute atomic E-state index is 6.09. The second-order valence-corrected chi connectivity index (χ2v) is 6.58. The molecule has 3 nitrogen and oxygen atoms in total. The normalized spacial score (nSPS) is 10.8. The van der Waals surface area contributed by atoms with Crippen LogP contribution in [0.4, 0.5) is 5.69 Å². The molecule has 0 atom stereocenters. The van der Waals surface area contributed by atoms with Gasteiger partial charge in [0.25, 0.3) is 0 Å². The third-order valence-electron chi connectivity index (χ3n) is 3.08. The smallest absolute Gasteiger partial charge is 0.152 e. The summed E-state index contributed by atoms with van der Waals surface area (Å²) in [5.74, 6) is 0. The lowest BCUT2D eigenvalue weighted by Gasteiger charge is -2.11. The predicted octanol–water partition coefficient (Wildman–Crippen LogP) is 5.42. The van der Waals surface area contributed by atoms with Gasteiger partial charge in [-0.1, -0.05) is 39.7 Å². The summed E-state index contributed by atoms with van der Waals surface area (Å²) in [7, 11) is 0. The highest BCUT2D eigenvalue weighted by Crippen LogP contribution is 2.27. The molecule has 6 heteroatoms. The summed E-state index contributed by atoms with van der Waals surface area (Å²) in [5, 5.41) is 4.85. The van der Waals surface area contributed by atoms with E-state index in [1.54, 1.807) is 12.4 Å². The molecule has 0 spiro atoms. The van der Waals surface area contributed by atoms with E-state index in [0.717, 1.165) is 31.1 Å². The predicted molar refractivity (Wildman–Crippen MR) is 93.7 cm³/mol. The fraction of sp³-hybridized carbons (Fsp3) is 0.0667. The molecule has 0 saturated heterocycles. The summed E-state index contributed by atoms with van der Waals surface area (Å²) in [6, 6.07) is 9.96. The Morgan fingerprint density at radius 3 is 2.86 bits per heavy atom. The van der Waals surface area contributed by atoms with Gasteiger partial charge in [0.2, 0.25) is 0 Å². The molecule has 0 saturated carbocycles. The number of benzene rings is 1. The van der Waals surface area contributed by atoms with Crippen molar-refractivity contribution in [2.24, 2.45) is 0 Å². The third kappa shape index (κ3) is 3.20. The lowest BCUT2D eigenvalue weighted by molar-refractivity contribution is 1.14. The average molecular weight is 428 g/mol. The van der Waals surface area contributed by atoms with E-state index in [2.05, 4.69) is 47.1 Å². The molecule has 3 rings (SSSR count). The first-order valence-corrected chi connectivity index (χ1v) is 8.18. The van der Waals surface area contributed by atoms with E-state index in [1.165, 1.54) is 0 Å². The molecule has 0 unspecified atom stereocenters. The zero-order valence-electron chi connectivity index (χ0n) is 10.8. The largest absolute Gasteiger partial charge is 0.378 e. The molecule has 0 aliphatic rings. The highest BCUT2D eigenvalue weighted by Gasteiger charge is 2.07. The van der Waals surface area contributed by atoms with Gasteiger partial charge >= 0.3 is 0 Å². The van der Waals surface area contributed by atoms with Gasteiger partial charge in [-0.15, -0.1) is 0 Å². The summed E-state index contributed by atoms with van der Waals surface area (Å²) in [4.78, 5) is 8.57. The van der Waals surface area contributed by atoms with Gasteiger partial charge in [-0.2, -0.15) is 0 Å². The molecule has 0 aliphatic carbocycles. The Morgan fingerprint density at radius 1 is 1.14 bits per heavy atom. The lowest BCUT2D eigenvalue weighted by Crippen LogP contribution is -2.02. The molecule has 2 heterocycles. The number of hydrogen-bond acceptors (Lipinski definition) is 3. The zero-order valence-corrected chi connectivity index (χ0v) is 14.7. The Labute approximate surface area is 144 Å². The number of nitrogens with one attached hydrogen (secondary N) is 1. The molecule has 2 aromatic heterocycles. The molecule has 0 radical (unpaired) electrons. The van der Waals surface area contributed by atoms with Crippen molar-refractivity contribution < 1.29 is 0 Å². The van der Waals surface area contributed by atoms with Crippen LogP contribution in [-0.2, 0) is 6.54 Å². The zero-order chi connectivity index (χ0) is 14.8. The van der Waals surface area contributed by atoms with E-state index in [4.69, 9.17) is 11.6 Å². The average Bonchev–Trinajstić information content (AvgIpc) is 2.50. The van der Waals surface area contributed by atoms with Crippen LogP contribution in [0.15, 0.2) is 51.7 Å². The van der Waals surface area contributed by atoms with Crippen molar-refractivity contribution in [1.29, 1.82) is 0 Å². The van der Waals surface area contributed by atoms with Crippen LogP contribution in [0, 0.1) is 0 Å². The maximum atomic E-state index is 6.09. The van der Waals surface area contributed by atoms with Crippen LogP contribution in [0.1, 0.15) is 5.56 Å². The summed E-state index contributed by atoms with van der Waals surface area (Å²) >= 11 is 13.0. The van der Waals surface area contributed by atoms with Crippen molar-refractivity contribution in [3.05, 3.63) is 62.4 Å². The van der Waals surface area contributed by atoms with E-state index in [1.807, 2.05) is 30.3 Å². The molecule has 0 amide bonds. The fourth-order valence-corrected chi connectivity index (χ4v) is 3.03. The first-order valence-electron chi connectivity index (χ1n) is 6.22. The van der Waals surface area contributed by atoms with E-state index in [9.17, 15) is 0 Å². The summed E-state index contributed by atoms with van der Waals surface area (Å²) in [6.07, 6.45) is 3.47. The molecule has 106 valence electrons. The minimum Gasteiger partial charge on any atom is -0.378 e. The molecule has 1 aromatic carbocycles. The maximum Gasteiger partial charge on any atom is 0.152 e. The van der Waals surface area contributed by atoms with Crippen molar-refractivity contribution in [2.75, 3.05) is 5.32 Å². The highest BCUT2D eigenvalue weighted by atomic mass is 79.9. The molecule has 0 fully saturated rings. The van der Waals surface area contributed by atoms with Crippen LogP contribution in [0.2, 0.25) is 5.15 Å². The van der Waals surface area contributed by atoms with Crippen molar-refractivity contribution in [3.8, 4) is 0 Å². The van der Waals surface area contributed by atoms with Gasteiger partial charge in [-0.25, -0.2) is 4.98 Å². The Kier molecular flexibility index (Phi) is 4.42. The number of fused-ring (bicyclic) bond motifs is 1. The third-order valence-corrected chi connectivity index (χ3v) is 4.50. The van der Waals surface area contributed by atoms with Gasteiger partial charge in [0.05, 0.1) is 11.2 Å². The topological polar surface area (TPSA) is 37.8 Å². The van der Waals surface area contributed by atoms with Crippen molar-refractivity contribution >= 4 is 60.1 Å². The van der Waals surface area contributed by atoms with Crippen LogP contribution >= 0.6 is 43.5 Å². The van der Waals surface area contributed by atoms with Crippen LogP contribution in [0.5, 0.6) is 0 Å². The van der Waals surface area contributed by atoms with Gasteiger partial charge in [-0.05, 0) is 39.7 Å². The molecular formula is C15H10Br2ClN3. The second-order valence-electron chi connectivity index (χ2n) is 4.45. The van der Waals surface area contributed by atoms with E-state index in [-0.39, 0.29) is 0 Å². The number of aromatic nitrogens is 2. The van der Waals surface area contributed by atoms with E-state index >= 15 is 0 Å². The number of pyridine rings is 2. The lowest BCUT2D eigenvalue weighted by atomic mass is 10.1. The summed E-state index contributed by atoms with van der Waals surface area (Å²) < 4.78 is 1.92. The molecule has 3 aromatic rings.